The van der Waals surface area contributed by atoms with Crippen LogP contribution in [0.2, 0.25) is 0 Å². The van der Waals surface area contributed by atoms with Gasteiger partial charge in [-0.3, -0.25) is 14.6 Å². The summed E-state index contributed by atoms with van der Waals surface area (Å²) in [7, 11) is 1.97. The number of aryl methyl sites for hydroxylation is 2. The Balaban J connectivity index is 1.20. The first-order valence-corrected chi connectivity index (χ1v) is 22.5. The smallest absolute Gasteiger partial charge is 0.160 e. The molecule has 1 unspecified atom stereocenters. The molecular formula is C50H69N3O5. The Morgan fingerprint density at radius 1 is 1.00 bits per heavy atom. The van der Waals surface area contributed by atoms with E-state index in [9.17, 15) is 15.0 Å². The van der Waals surface area contributed by atoms with E-state index in [1.807, 2.05) is 20.9 Å². The molecule has 314 valence electrons. The highest BCUT2D eigenvalue weighted by molar-refractivity contribution is 6.10. The molecule has 0 spiro atoms. The molecule has 58 heavy (non-hydrogen) atoms. The van der Waals surface area contributed by atoms with Gasteiger partial charge in [-0.15, -0.1) is 0 Å². The van der Waals surface area contributed by atoms with Crippen molar-refractivity contribution >= 4 is 17.3 Å². The largest absolute Gasteiger partial charge is 0.392 e. The number of aliphatic hydroxyl groups excluding tert-OH is 2. The molecule has 9 rings (SSSR count). The lowest BCUT2D eigenvalue weighted by Crippen LogP contribution is -2.68. The molecular weight excluding hydrogens is 723 g/mol. The fourth-order valence-corrected chi connectivity index (χ4v) is 15.2. The highest BCUT2D eigenvalue weighted by Gasteiger charge is 2.73. The lowest BCUT2D eigenvalue weighted by molar-refractivity contribution is -0.222. The number of nitrogens with one attached hydrogen (secondary N) is 1. The van der Waals surface area contributed by atoms with Gasteiger partial charge >= 0.3 is 0 Å². The third kappa shape index (κ3) is 5.69. The predicted molar refractivity (Wildman–Crippen MR) is 228 cm³/mol. The molecule has 3 N–H and O–H groups in total. The minimum atomic E-state index is -0.714. The van der Waals surface area contributed by atoms with Crippen molar-refractivity contribution in [1.82, 2.24) is 10.2 Å². The second kappa shape index (κ2) is 13.3. The molecule has 1 saturated heterocycles. The van der Waals surface area contributed by atoms with E-state index in [1.165, 1.54) is 27.8 Å². The molecule has 4 aliphatic heterocycles. The highest BCUT2D eigenvalue weighted by atomic mass is 16.6. The van der Waals surface area contributed by atoms with Gasteiger partial charge in [-0.1, -0.05) is 63.9 Å². The first-order chi connectivity index (χ1) is 27.2. The van der Waals surface area contributed by atoms with Crippen LogP contribution in [0.25, 0.3) is 0 Å². The molecule has 0 radical (unpaired) electrons. The standard InChI is InChI=1S/C50H69N3O5/c1-28-19-29(2)21-30(20-28)22-32-26-53-27-33-38-39(46(5,23-35(55)44-45(3,4)58-44)14-11-31-25-52-40(32)41(31)53)34(54)24-50(38,9)49(8)16-12-36-47(6,17-18-51-10)37(56)13-15-48(36,7)43(49)42(33)57/h19-21,25-26,33,35-36,41-44,51,55,57H,11-18,22-24,27H2,1-10H3/t33-,35-,36+,41?,42-,43+,44+,46+,47+,48+,49+,50+/m1/s1. The summed E-state index contributed by atoms with van der Waals surface area (Å²) < 4.78 is 6.02. The van der Waals surface area contributed by atoms with Gasteiger partial charge in [0.25, 0.3) is 0 Å². The Kier molecular flexibility index (Phi) is 9.28. The second-order valence-corrected chi connectivity index (χ2v) is 22.1. The fraction of sp³-hybridized carbons (Fsp3) is 0.700. The molecule has 0 bridgehead atoms. The molecule has 8 aliphatic rings. The summed E-state index contributed by atoms with van der Waals surface area (Å²) in [6, 6.07) is 6.77. The van der Waals surface area contributed by atoms with Crippen LogP contribution in [0, 0.1) is 58.7 Å². The number of aliphatic hydroxyl groups is 2. The predicted octanol–water partition coefficient (Wildman–Crippen LogP) is 7.76. The molecule has 1 aromatic carbocycles. The molecule has 0 amide bonds. The third-order valence-electron chi connectivity index (χ3n) is 18.1. The highest BCUT2D eigenvalue weighted by Crippen LogP contribution is 2.76. The summed E-state index contributed by atoms with van der Waals surface area (Å²) >= 11 is 0. The maximum atomic E-state index is 15.2. The Bertz CT molecular complexity index is 2060. The zero-order valence-corrected chi connectivity index (χ0v) is 36.9. The van der Waals surface area contributed by atoms with Crippen molar-refractivity contribution in [2.24, 2.45) is 49.8 Å². The van der Waals surface area contributed by atoms with Gasteiger partial charge in [-0.2, -0.15) is 0 Å². The lowest BCUT2D eigenvalue weighted by atomic mass is 9.34. The number of ether oxygens (including phenoxy) is 1. The minimum absolute atomic E-state index is 0.0152. The molecule has 4 heterocycles. The van der Waals surface area contributed by atoms with Crippen LogP contribution in [0.15, 0.2) is 57.9 Å². The van der Waals surface area contributed by atoms with Crippen LogP contribution in [-0.4, -0.2) is 82.5 Å². The molecule has 3 saturated carbocycles. The number of allylic oxidation sites excluding steroid dienone is 1. The van der Waals surface area contributed by atoms with Crippen molar-refractivity contribution in [3.8, 4) is 0 Å². The normalized spacial score (nSPS) is 42.9. The number of ketones is 2. The SMILES string of the molecule is CNCC[C@]1(C)C(=O)CC[C@@]2(C)[C@H]1CC[C@@]1(C)[C@H]2[C@H](O)[C@@H]2CN3C=C(Cc4cc(C)cc(C)c4)C4=NC=C(CC[C@@](C)(C[C@@H](O)[C@@H]5OC5(C)C)C5=C2[C@]1(C)CC5=O)C43. The lowest BCUT2D eigenvalue weighted by Gasteiger charge is -2.70. The zero-order chi connectivity index (χ0) is 41.5. The second-order valence-electron chi connectivity index (χ2n) is 22.1. The summed E-state index contributed by atoms with van der Waals surface area (Å²) in [5.41, 5.74) is 6.76. The van der Waals surface area contributed by atoms with Crippen LogP contribution in [0.1, 0.15) is 123 Å². The number of hydrogen-bond acceptors (Lipinski definition) is 8. The Morgan fingerprint density at radius 3 is 2.38 bits per heavy atom. The molecule has 4 aliphatic carbocycles. The summed E-state index contributed by atoms with van der Waals surface area (Å²) in [5, 5.41) is 28.8. The Morgan fingerprint density at radius 2 is 1.71 bits per heavy atom. The van der Waals surface area contributed by atoms with Crippen molar-refractivity contribution < 1.29 is 24.5 Å². The number of carbonyl (C=O) groups excluding carboxylic acids is 2. The molecule has 8 nitrogen and oxygen atoms in total. The number of aliphatic imine (C=N–C) groups is 1. The van der Waals surface area contributed by atoms with Gasteiger partial charge in [-0.25, -0.2) is 0 Å². The van der Waals surface area contributed by atoms with Gasteiger partial charge in [-0.05, 0) is 137 Å². The van der Waals surface area contributed by atoms with Crippen molar-refractivity contribution in [1.29, 1.82) is 0 Å². The summed E-state index contributed by atoms with van der Waals surface area (Å²) in [4.78, 5) is 36.8. The third-order valence-corrected chi connectivity index (χ3v) is 18.1. The number of hydrogen-bond donors (Lipinski definition) is 3. The molecule has 1 aromatic rings. The number of benzene rings is 1. The molecule has 8 heteroatoms. The van der Waals surface area contributed by atoms with Crippen molar-refractivity contribution in [3.05, 3.63) is 69.6 Å². The van der Waals surface area contributed by atoms with E-state index in [0.29, 0.717) is 38.0 Å². The van der Waals surface area contributed by atoms with Crippen LogP contribution in [-0.2, 0) is 20.7 Å². The van der Waals surface area contributed by atoms with Gasteiger partial charge in [0.1, 0.15) is 11.9 Å². The minimum Gasteiger partial charge on any atom is -0.392 e. The van der Waals surface area contributed by atoms with E-state index in [2.05, 4.69) is 89.3 Å². The summed E-state index contributed by atoms with van der Waals surface area (Å²) in [5.74, 6) is 0.304. The number of Topliss-reactive ketones (excluding diaryl/α,β-unsaturated/α-hetero) is 2. The van der Waals surface area contributed by atoms with E-state index >= 15 is 4.79 Å². The fourth-order valence-electron chi connectivity index (χ4n) is 15.2. The quantitative estimate of drug-likeness (QED) is 0.231. The van der Waals surface area contributed by atoms with Crippen LogP contribution in [0.4, 0.5) is 0 Å². The van der Waals surface area contributed by atoms with Crippen molar-refractivity contribution in [3.63, 3.8) is 0 Å². The molecule has 4 fully saturated rings. The number of carbonyl (C=O) groups is 2. The van der Waals surface area contributed by atoms with Crippen LogP contribution < -0.4 is 5.32 Å². The van der Waals surface area contributed by atoms with E-state index in [0.717, 1.165) is 61.9 Å². The average molecular weight is 792 g/mol. The maximum Gasteiger partial charge on any atom is 0.160 e. The van der Waals surface area contributed by atoms with E-state index < -0.39 is 34.1 Å². The molecule has 12 atom stereocenters. The summed E-state index contributed by atoms with van der Waals surface area (Å²) in [6.45, 7) is 21.4. The first-order valence-electron chi connectivity index (χ1n) is 22.5. The van der Waals surface area contributed by atoms with Crippen LogP contribution >= 0.6 is 0 Å². The monoisotopic (exact) mass is 792 g/mol. The van der Waals surface area contributed by atoms with Crippen molar-refractivity contribution in [2.45, 2.75) is 156 Å². The zero-order valence-electron chi connectivity index (χ0n) is 36.9. The molecule has 0 aromatic heterocycles. The summed E-state index contributed by atoms with van der Waals surface area (Å²) in [6.07, 6.45) is 9.70. The number of rotatable bonds is 8. The Labute approximate surface area is 347 Å². The number of fused-ring (bicyclic) bond motifs is 4. The Hall–Kier alpha value is -2.91. The maximum absolute atomic E-state index is 15.2. The van der Waals surface area contributed by atoms with Gasteiger partial charge in [0, 0.05) is 60.5 Å². The first kappa shape index (κ1) is 40.5. The van der Waals surface area contributed by atoms with Gasteiger partial charge < -0.3 is 25.2 Å². The van der Waals surface area contributed by atoms with Crippen LogP contribution in [0.5, 0.6) is 0 Å². The van der Waals surface area contributed by atoms with Gasteiger partial charge in [0.15, 0.2) is 5.78 Å². The van der Waals surface area contributed by atoms with Gasteiger partial charge in [0.2, 0.25) is 0 Å². The average Bonchev–Trinajstić information content (AvgIpc) is 3.39. The topological polar surface area (TPSA) is 115 Å². The van der Waals surface area contributed by atoms with E-state index in [4.69, 9.17) is 9.73 Å². The van der Waals surface area contributed by atoms with Crippen molar-refractivity contribution in [2.75, 3.05) is 20.1 Å². The number of nitrogens with zero attached hydrogens (tertiary/aromatic N) is 2. The van der Waals surface area contributed by atoms with Gasteiger partial charge in [0.05, 0.1) is 29.6 Å². The van der Waals surface area contributed by atoms with E-state index in [1.54, 1.807) is 0 Å². The van der Waals surface area contributed by atoms with Crippen LogP contribution in [0.3, 0.4) is 0 Å². The number of epoxide rings is 1. The van der Waals surface area contributed by atoms with E-state index in [-0.39, 0.29) is 46.5 Å².